The smallest absolute Gasteiger partial charge is 0.443 e. The maximum absolute atomic E-state index is 11.7. The van der Waals surface area contributed by atoms with Crippen LogP contribution in [-0.2, 0) is 0 Å². The summed E-state index contributed by atoms with van der Waals surface area (Å²) in [5.74, 6) is 0.765. The standard InChI is InChI=1S/C21H32Cl2N4O.K/c1-25(2)21(28)24-17-8-6-16(7-9-17)10-11-26-12-14-27(15-13-26)19-5-3-4-18(22)20(19)23;/h3-5,16-17H,6-15H2,1-2H3,(H,24,28);/q;+1/p-1. The van der Waals surface area contributed by atoms with Crippen molar-refractivity contribution in [2.75, 3.05) is 51.7 Å². The van der Waals surface area contributed by atoms with Gasteiger partial charge in [0.25, 0.3) is 0 Å². The first-order chi connectivity index (χ1) is 13.4. The van der Waals surface area contributed by atoms with Crippen LogP contribution in [-0.4, -0.2) is 68.7 Å². The fourth-order valence-electron chi connectivity index (χ4n) is 4.15. The number of halogens is 2. The molecule has 8 heteroatoms. The van der Waals surface area contributed by atoms with Crippen LogP contribution in [0.5, 0.6) is 0 Å². The molecule has 1 aromatic rings. The van der Waals surface area contributed by atoms with Gasteiger partial charge in [-0.3, -0.25) is 9.69 Å². The van der Waals surface area contributed by atoms with Crippen LogP contribution in [0, 0.1) is 5.92 Å². The fourth-order valence-corrected chi connectivity index (χ4v) is 4.56. The van der Waals surface area contributed by atoms with E-state index in [0.29, 0.717) is 10.0 Å². The van der Waals surface area contributed by atoms with Crippen molar-refractivity contribution in [2.45, 2.75) is 38.1 Å². The van der Waals surface area contributed by atoms with Gasteiger partial charge in [0.1, 0.15) is 0 Å². The van der Waals surface area contributed by atoms with Crippen molar-refractivity contribution in [3.63, 3.8) is 0 Å². The number of urea groups is 1. The molecular weight excluding hydrogens is 434 g/mol. The van der Waals surface area contributed by atoms with E-state index in [0.717, 1.165) is 57.2 Å². The molecule has 3 rings (SSSR count). The normalized spacial score (nSPS) is 22.7. The minimum absolute atomic E-state index is 0. The second-order valence-electron chi connectivity index (χ2n) is 8.17. The maximum atomic E-state index is 11.7. The third-order valence-corrected chi connectivity index (χ3v) is 6.80. The molecule has 5 nitrogen and oxygen atoms in total. The van der Waals surface area contributed by atoms with Gasteiger partial charge in [0.05, 0.1) is 15.7 Å². The molecule has 1 heterocycles. The Kier molecular flexibility index (Phi) is 11.1. The Morgan fingerprint density at radius 3 is 2.38 bits per heavy atom. The Morgan fingerprint density at radius 1 is 1.10 bits per heavy atom. The Morgan fingerprint density at radius 2 is 1.76 bits per heavy atom. The van der Waals surface area contributed by atoms with Gasteiger partial charge in [-0.05, 0) is 37.1 Å². The second-order valence-corrected chi connectivity index (χ2v) is 8.96. The van der Waals surface area contributed by atoms with Crippen LogP contribution < -0.4 is 56.3 Å². The second kappa shape index (κ2) is 12.5. The van der Waals surface area contributed by atoms with Crippen molar-refractivity contribution in [3.8, 4) is 0 Å². The average molecular weight is 466 g/mol. The van der Waals surface area contributed by atoms with Gasteiger partial charge in [-0.25, -0.2) is 0 Å². The number of amides is 2. The molecule has 156 valence electrons. The van der Waals surface area contributed by atoms with E-state index in [4.69, 9.17) is 23.2 Å². The van der Waals surface area contributed by atoms with Gasteiger partial charge in [0, 0.05) is 26.2 Å². The number of benzene rings is 1. The van der Waals surface area contributed by atoms with Crippen molar-refractivity contribution in [1.29, 1.82) is 0 Å². The molecule has 1 saturated carbocycles. The average Bonchev–Trinajstić information content (AvgIpc) is 2.70. The predicted molar refractivity (Wildman–Crippen MR) is 118 cm³/mol. The molecule has 29 heavy (non-hydrogen) atoms. The predicted octanol–water partition coefficient (Wildman–Crippen LogP) is 2.12. The SMILES string of the molecule is CN(C)C(=O)[N-]C1CCC(CCN2CCN(c3cccc(Cl)c3Cl)CC2)CC1.[K+]. The number of nitrogens with zero attached hydrogens (tertiary/aromatic N) is 4. The van der Waals surface area contributed by atoms with Crippen molar-refractivity contribution in [1.82, 2.24) is 9.80 Å². The van der Waals surface area contributed by atoms with Crippen molar-refractivity contribution >= 4 is 34.9 Å². The molecule has 0 aromatic heterocycles. The maximum Gasteiger partial charge on any atom is 1.00 e. The third-order valence-electron chi connectivity index (χ3n) is 5.99. The first-order valence-corrected chi connectivity index (χ1v) is 11.0. The van der Waals surface area contributed by atoms with E-state index in [1.807, 2.05) is 12.1 Å². The molecule has 1 aliphatic carbocycles. The van der Waals surface area contributed by atoms with Crippen LogP contribution in [0.4, 0.5) is 10.5 Å². The number of hydrogen-bond acceptors (Lipinski definition) is 3. The van der Waals surface area contributed by atoms with Crippen LogP contribution in [0.1, 0.15) is 32.1 Å². The molecule has 2 fully saturated rings. The van der Waals surface area contributed by atoms with Gasteiger partial charge in [0.15, 0.2) is 6.03 Å². The largest absolute Gasteiger partial charge is 1.00 e. The van der Waals surface area contributed by atoms with E-state index in [1.165, 1.54) is 19.3 Å². The van der Waals surface area contributed by atoms with Crippen molar-refractivity contribution in [2.24, 2.45) is 5.92 Å². The molecule has 1 saturated heterocycles. The van der Waals surface area contributed by atoms with Crippen molar-refractivity contribution in [3.05, 3.63) is 33.6 Å². The van der Waals surface area contributed by atoms with Crippen LogP contribution in [0.3, 0.4) is 0 Å². The summed E-state index contributed by atoms with van der Waals surface area (Å²) in [6.07, 6.45) is 5.71. The summed E-state index contributed by atoms with van der Waals surface area (Å²) in [6.45, 7) is 5.24. The van der Waals surface area contributed by atoms with E-state index in [2.05, 4.69) is 21.2 Å². The first kappa shape index (κ1) is 25.7. The van der Waals surface area contributed by atoms with Crippen molar-refractivity contribution < 1.29 is 56.2 Å². The van der Waals surface area contributed by atoms with E-state index in [1.54, 1.807) is 19.0 Å². The minimum atomic E-state index is -0.0962. The molecule has 2 aliphatic rings. The molecule has 0 bridgehead atoms. The number of anilines is 1. The van der Waals surface area contributed by atoms with Gasteiger partial charge in [-0.1, -0.05) is 69.0 Å². The fraction of sp³-hybridized carbons (Fsp3) is 0.667. The Bertz CT molecular complexity index is 660. The number of piperazine rings is 1. The van der Waals surface area contributed by atoms with Gasteiger partial charge in [-0.2, -0.15) is 0 Å². The summed E-state index contributed by atoms with van der Waals surface area (Å²) in [5.41, 5.74) is 1.04. The summed E-state index contributed by atoms with van der Waals surface area (Å²) in [4.78, 5) is 18.2. The molecule has 1 aromatic carbocycles. The molecule has 2 amide bonds. The van der Waals surface area contributed by atoms with E-state index in [-0.39, 0.29) is 63.5 Å². The summed E-state index contributed by atoms with van der Waals surface area (Å²) in [5, 5.41) is 5.60. The zero-order valence-electron chi connectivity index (χ0n) is 17.9. The summed E-state index contributed by atoms with van der Waals surface area (Å²) >= 11 is 12.5. The summed E-state index contributed by atoms with van der Waals surface area (Å²) in [7, 11) is 3.52. The van der Waals surface area contributed by atoms with Gasteiger partial charge >= 0.3 is 51.4 Å². The quantitative estimate of drug-likeness (QED) is 0.626. The van der Waals surface area contributed by atoms with Crippen LogP contribution in [0.25, 0.3) is 5.32 Å². The molecule has 1 aliphatic heterocycles. The van der Waals surface area contributed by atoms with Crippen LogP contribution >= 0.6 is 23.2 Å². The summed E-state index contributed by atoms with van der Waals surface area (Å²) in [6, 6.07) is 5.97. The molecule has 0 unspecified atom stereocenters. The molecule has 0 N–H and O–H groups in total. The van der Waals surface area contributed by atoms with Gasteiger partial charge in [-0.15, -0.1) is 0 Å². The number of carbonyl (C=O) groups is 1. The molecule has 0 spiro atoms. The first-order valence-electron chi connectivity index (χ1n) is 10.3. The topological polar surface area (TPSA) is 40.9 Å². The van der Waals surface area contributed by atoms with E-state index >= 15 is 0 Å². The Balaban J connectivity index is 0.00000300. The monoisotopic (exact) mass is 464 g/mol. The Labute approximate surface area is 227 Å². The minimum Gasteiger partial charge on any atom is -0.443 e. The summed E-state index contributed by atoms with van der Waals surface area (Å²) < 4.78 is 0. The van der Waals surface area contributed by atoms with Crippen LogP contribution in [0.2, 0.25) is 10.0 Å². The van der Waals surface area contributed by atoms with Gasteiger partial charge in [0.2, 0.25) is 0 Å². The number of hydrogen-bond donors (Lipinski definition) is 0. The van der Waals surface area contributed by atoms with E-state index in [9.17, 15) is 4.79 Å². The zero-order valence-corrected chi connectivity index (χ0v) is 22.5. The zero-order chi connectivity index (χ0) is 20.1. The number of carbonyl (C=O) groups excluding carboxylic acids is 1. The number of rotatable bonds is 5. The third kappa shape index (κ3) is 7.53. The molecule has 0 atom stereocenters. The van der Waals surface area contributed by atoms with Gasteiger partial charge < -0.3 is 15.1 Å². The molecular formula is C21H31Cl2KN4O. The molecule has 0 radical (unpaired) electrons. The van der Waals surface area contributed by atoms with Crippen LogP contribution in [0.15, 0.2) is 18.2 Å². The Hall–Kier alpha value is 0.466. The van der Waals surface area contributed by atoms with E-state index < -0.39 is 0 Å².